The molecule has 3 aromatic rings. The molecular formula is C20H19ClN4O4. The Bertz CT molecular complexity index is 1070. The Morgan fingerprint density at radius 2 is 2.00 bits per heavy atom. The smallest absolute Gasteiger partial charge is 0.322 e. The van der Waals surface area contributed by atoms with E-state index in [1.165, 1.54) is 12.1 Å². The lowest BCUT2D eigenvalue weighted by molar-refractivity contribution is 0.206. The zero-order valence-corrected chi connectivity index (χ0v) is 16.3. The van der Waals surface area contributed by atoms with Crippen molar-refractivity contribution in [3.8, 4) is 28.5 Å². The number of nitrogens with one attached hydrogen (secondary N) is 2. The van der Waals surface area contributed by atoms with Crippen LogP contribution in [-0.4, -0.2) is 45.0 Å². The number of anilines is 1. The van der Waals surface area contributed by atoms with Gasteiger partial charge < -0.3 is 25.2 Å². The first-order chi connectivity index (χ1) is 14.0. The van der Waals surface area contributed by atoms with Crippen molar-refractivity contribution >= 4 is 23.3 Å². The van der Waals surface area contributed by atoms with Crippen LogP contribution in [0, 0.1) is 0 Å². The minimum atomic E-state index is -0.235. The summed E-state index contributed by atoms with van der Waals surface area (Å²) in [4.78, 5) is 14.4. The molecule has 2 heterocycles. The second kappa shape index (κ2) is 7.56. The first-order valence-electron chi connectivity index (χ1n) is 8.94. The zero-order chi connectivity index (χ0) is 20.5. The molecule has 0 aliphatic carbocycles. The molecular weight excluding hydrogens is 396 g/mol. The van der Waals surface area contributed by atoms with Crippen molar-refractivity contribution in [1.82, 2.24) is 15.1 Å². The lowest BCUT2D eigenvalue weighted by Crippen LogP contribution is -2.38. The molecule has 0 bridgehead atoms. The first-order valence-corrected chi connectivity index (χ1v) is 9.32. The average molecular weight is 415 g/mol. The molecule has 0 saturated carbocycles. The molecule has 4 N–H and O–H groups in total. The number of rotatable bonds is 3. The maximum absolute atomic E-state index is 12.7. The summed E-state index contributed by atoms with van der Waals surface area (Å²) in [6.45, 7) is 0.847. The van der Waals surface area contributed by atoms with Crippen LogP contribution in [0.15, 0.2) is 36.4 Å². The third-order valence-electron chi connectivity index (χ3n) is 4.88. The maximum Gasteiger partial charge on any atom is 0.322 e. The van der Waals surface area contributed by atoms with E-state index >= 15 is 0 Å². The van der Waals surface area contributed by atoms with E-state index in [1.807, 2.05) is 0 Å². The zero-order valence-electron chi connectivity index (χ0n) is 15.6. The van der Waals surface area contributed by atoms with E-state index in [-0.39, 0.29) is 22.6 Å². The van der Waals surface area contributed by atoms with Gasteiger partial charge in [0.05, 0.1) is 18.7 Å². The summed E-state index contributed by atoms with van der Waals surface area (Å²) in [7, 11) is 1.58. The van der Waals surface area contributed by atoms with Gasteiger partial charge in [-0.3, -0.25) is 5.10 Å². The number of phenols is 2. The van der Waals surface area contributed by atoms with E-state index in [0.29, 0.717) is 42.2 Å². The highest BCUT2D eigenvalue weighted by Crippen LogP contribution is 2.39. The Morgan fingerprint density at radius 1 is 1.24 bits per heavy atom. The number of benzene rings is 2. The van der Waals surface area contributed by atoms with Crippen LogP contribution in [0.25, 0.3) is 11.3 Å². The van der Waals surface area contributed by atoms with Crippen LogP contribution in [0.5, 0.6) is 17.2 Å². The summed E-state index contributed by atoms with van der Waals surface area (Å²) in [6, 6.07) is 9.48. The third-order valence-corrected chi connectivity index (χ3v) is 5.18. The molecule has 4 rings (SSSR count). The normalized spacial score (nSPS) is 13.1. The lowest BCUT2D eigenvalue weighted by Gasteiger charge is -2.27. The number of aromatic nitrogens is 2. The standard InChI is InChI=1S/C20H19ClN4O4/c1-29-12-4-2-11(3-5-12)22-20(28)25-7-6-16-14(10-25)19(24-23-16)13-8-15(21)18(27)9-17(13)26/h2-5,8-9,26-27H,6-7,10H2,1H3,(H,22,28)(H,23,24). The second-order valence-electron chi connectivity index (χ2n) is 6.68. The van der Waals surface area contributed by atoms with Gasteiger partial charge in [-0.05, 0) is 30.3 Å². The average Bonchev–Trinajstić information content (AvgIpc) is 3.14. The van der Waals surface area contributed by atoms with Gasteiger partial charge in [0.25, 0.3) is 0 Å². The summed E-state index contributed by atoms with van der Waals surface area (Å²) < 4.78 is 5.12. The number of amides is 2. The predicted octanol–water partition coefficient (Wildman–Crippen LogP) is 3.74. The van der Waals surface area contributed by atoms with Gasteiger partial charge in [0.1, 0.15) is 22.9 Å². The number of carbonyl (C=O) groups excluding carboxylic acids is 1. The number of aromatic amines is 1. The van der Waals surface area contributed by atoms with E-state index in [9.17, 15) is 15.0 Å². The molecule has 1 aliphatic rings. The van der Waals surface area contributed by atoms with Crippen molar-refractivity contribution in [3.63, 3.8) is 0 Å². The summed E-state index contributed by atoms with van der Waals surface area (Å²) in [5.74, 6) is 0.361. The van der Waals surface area contributed by atoms with Crippen molar-refractivity contribution in [2.45, 2.75) is 13.0 Å². The summed E-state index contributed by atoms with van der Waals surface area (Å²) in [6.07, 6.45) is 0.602. The number of fused-ring (bicyclic) bond motifs is 1. The van der Waals surface area contributed by atoms with Crippen LogP contribution in [0.3, 0.4) is 0 Å². The molecule has 29 heavy (non-hydrogen) atoms. The van der Waals surface area contributed by atoms with Crippen molar-refractivity contribution in [3.05, 3.63) is 52.7 Å². The van der Waals surface area contributed by atoms with Crippen molar-refractivity contribution in [2.24, 2.45) is 0 Å². The number of halogens is 1. The van der Waals surface area contributed by atoms with Crippen LogP contribution in [-0.2, 0) is 13.0 Å². The van der Waals surface area contributed by atoms with Crippen molar-refractivity contribution in [1.29, 1.82) is 0 Å². The number of H-pyrrole nitrogens is 1. The molecule has 150 valence electrons. The maximum atomic E-state index is 12.7. The molecule has 9 heteroatoms. The fourth-order valence-corrected chi connectivity index (χ4v) is 3.47. The molecule has 1 aliphatic heterocycles. The second-order valence-corrected chi connectivity index (χ2v) is 7.09. The van der Waals surface area contributed by atoms with Gasteiger partial charge >= 0.3 is 6.03 Å². The van der Waals surface area contributed by atoms with Gasteiger partial charge in [-0.25, -0.2) is 4.79 Å². The third kappa shape index (κ3) is 3.66. The number of aromatic hydroxyl groups is 2. The SMILES string of the molecule is COc1ccc(NC(=O)N2CCc3[nH]nc(-c4cc(Cl)c(O)cc4O)c3C2)cc1. The van der Waals surface area contributed by atoms with Crippen molar-refractivity contribution in [2.75, 3.05) is 19.0 Å². The van der Waals surface area contributed by atoms with Gasteiger partial charge in [0, 0.05) is 41.5 Å². The Balaban J connectivity index is 1.56. The Hall–Kier alpha value is -3.39. The van der Waals surface area contributed by atoms with Crippen LogP contribution in [0.1, 0.15) is 11.3 Å². The van der Waals surface area contributed by atoms with Crippen LogP contribution in [0.4, 0.5) is 10.5 Å². The molecule has 0 unspecified atom stereocenters. The molecule has 1 aromatic heterocycles. The topological polar surface area (TPSA) is 111 Å². The van der Waals surface area contributed by atoms with Crippen LogP contribution < -0.4 is 10.1 Å². The molecule has 2 aromatic carbocycles. The van der Waals surface area contributed by atoms with Gasteiger partial charge in [-0.1, -0.05) is 11.6 Å². The van der Waals surface area contributed by atoms with Crippen LogP contribution >= 0.6 is 11.6 Å². The number of ether oxygens (including phenoxy) is 1. The molecule has 8 nitrogen and oxygen atoms in total. The summed E-state index contributed by atoms with van der Waals surface area (Å²) in [5.41, 5.74) is 3.26. The van der Waals surface area contributed by atoms with Gasteiger partial charge in [0.15, 0.2) is 0 Å². The minimum absolute atomic E-state index is 0.111. The van der Waals surface area contributed by atoms with E-state index in [2.05, 4.69) is 15.5 Å². The number of hydrogen-bond acceptors (Lipinski definition) is 5. The highest BCUT2D eigenvalue weighted by Gasteiger charge is 2.27. The number of phenolic OH excluding ortho intramolecular Hbond substituents is 2. The van der Waals surface area contributed by atoms with E-state index in [4.69, 9.17) is 16.3 Å². The molecule has 0 saturated heterocycles. The van der Waals surface area contributed by atoms with Crippen LogP contribution in [0.2, 0.25) is 5.02 Å². The van der Waals surface area contributed by atoms with E-state index in [0.717, 1.165) is 11.3 Å². The Kier molecular flexibility index (Phi) is 4.94. The van der Waals surface area contributed by atoms with Gasteiger partial charge in [0.2, 0.25) is 0 Å². The fraction of sp³-hybridized carbons (Fsp3) is 0.200. The molecule has 0 atom stereocenters. The van der Waals surface area contributed by atoms with Crippen molar-refractivity contribution < 1.29 is 19.7 Å². The Labute approximate surface area is 171 Å². The number of methoxy groups -OCH3 is 1. The number of urea groups is 1. The highest BCUT2D eigenvalue weighted by atomic mass is 35.5. The summed E-state index contributed by atoms with van der Waals surface area (Å²) in [5, 5.41) is 30.1. The lowest BCUT2D eigenvalue weighted by atomic mass is 10.0. The molecule has 0 radical (unpaired) electrons. The largest absolute Gasteiger partial charge is 0.507 e. The van der Waals surface area contributed by atoms with Gasteiger partial charge in [-0.2, -0.15) is 5.10 Å². The van der Waals surface area contributed by atoms with E-state index in [1.54, 1.807) is 36.3 Å². The summed E-state index contributed by atoms with van der Waals surface area (Å²) >= 11 is 5.99. The number of carbonyl (C=O) groups is 1. The molecule has 0 spiro atoms. The number of hydrogen-bond donors (Lipinski definition) is 4. The molecule has 0 fully saturated rings. The minimum Gasteiger partial charge on any atom is -0.507 e. The number of nitrogens with zero attached hydrogens (tertiary/aromatic N) is 2. The highest BCUT2D eigenvalue weighted by molar-refractivity contribution is 6.32. The monoisotopic (exact) mass is 414 g/mol. The van der Waals surface area contributed by atoms with Gasteiger partial charge in [-0.15, -0.1) is 0 Å². The quantitative estimate of drug-likeness (QED) is 0.521. The molecule has 2 amide bonds. The first kappa shape index (κ1) is 18.9. The Morgan fingerprint density at radius 3 is 2.72 bits per heavy atom. The predicted molar refractivity (Wildman–Crippen MR) is 108 cm³/mol. The van der Waals surface area contributed by atoms with E-state index < -0.39 is 0 Å². The fourth-order valence-electron chi connectivity index (χ4n) is 3.31.